The Bertz CT molecular complexity index is 338. The van der Waals surface area contributed by atoms with Gasteiger partial charge in [0.15, 0.2) is 0 Å². The zero-order valence-electron chi connectivity index (χ0n) is 6.52. The van der Waals surface area contributed by atoms with E-state index in [1.165, 1.54) is 18.5 Å². The second kappa shape index (κ2) is 3.57. The molecule has 0 bridgehead atoms. The standard InChI is InChI=1S/C8H7NO4/c10-7(11)5-1-2-9-4-6(3-5)8(12)13/h1-4,9H,(H,10,11)(H,12,13). The SMILES string of the molecule is O=C(O)C1=CNC=CC(C(=O)O)=C1. The molecule has 0 amide bonds. The fourth-order valence-electron chi connectivity index (χ4n) is 0.790. The molecule has 0 aliphatic carbocycles. The molecule has 0 aromatic heterocycles. The molecular weight excluding hydrogens is 174 g/mol. The molecule has 0 saturated heterocycles. The van der Waals surface area contributed by atoms with E-state index >= 15 is 0 Å². The van der Waals surface area contributed by atoms with E-state index < -0.39 is 11.9 Å². The van der Waals surface area contributed by atoms with Gasteiger partial charge in [0.05, 0.1) is 11.1 Å². The van der Waals surface area contributed by atoms with Crippen LogP contribution in [0.5, 0.6) is 0 Å². The average molecular weight is 181 g/mol. The normalized spacial score (nSPS) is 15.1. The molecule has 0 aromatic rings. The van der Waals surface area contributed by atoms with E-state index in [0.717, 1.165) is 6.08 Å². The Morgan fingerprint density at radius 1 is 1.15 bits per heavy atom. The number of nitrogens with one attached hydrogen (secondary N) is 1. The first-order chi connectivity index (χ1) is 6.11. The van der Waals surface area contributed by atoms with Gasteiger partial charge < -0.3 is 15.5 Å². The molecule has 0 radical (unpaired) electrons. The number of carboxylic acid groups (broad SMARTS) is 2. The highest BCUT2D eigenvalue weighted by atomic mass is 16.4. The van der Waals surface area contributed by atoms with Gasteiger partial charge in [0.2, 0.25) is 0 Å². The van der Waals surface area contributed by atoms with Crippen molar-refractivity contribution in [1.29, 1.82) is 0 Å². The molecule has 3 N–H and O–H groups in total. The Labute approximate surface area is 73.7 Å². The largest absolute Gasteiger partial charge is 0.478 e. The molecule has 5 heteroatoms. The van der Waals surface area contributed by atoms with Gasteiger partial charge in [0.1, 0.15) is 0 Å². The predicted octanol–water partition coefficient (Wildman–Crippen LogP) is 0.0828. The van der Waals surface area contributed by atoms with Gasteiger partial charge in [-0.2, -0.15) is 0 Å². The van der Waals surface area contributed by atoms with Crippen LogP contribution in [0.4, 0.5) is 0 Å². The van der Waals surface area contributed by atoms with E-state index in [0.29, 0.717) is 0 Å². The van der Waals surface area contributed by atoms with Crippen LogP contribution in [-0.4, -0.2) is 22.2 Å². The zero-order valence-corrected chi connectivity index (χ0v) is 6.52. The van der Waals surface area contributed by atoms with E-state index in [-0.39, 0.29) is 11.1 Å². The van der Waals surface area contributed by atoms with Crippen LogP contribution in [0.2, 0.25) is 0 Å². The lowest BCUT2D eigenvalue weighted by Gasteiger charge is -1.93. The van der Waals surface area contributed by atoms with Gasteiger partial charge in [-0.3, -0.25) is 0 Å². The van der Waals surface area contributed by atoms with Crippen molar-refractivity contribution >= 4 is 11.9 Å². The lowest BCUT2D eigenvalue weighted by atomic mass is 10.2. The van der Waals surface area contributed by atoms with Gasteiger partial charge >= 0.3 is 11.9 Å². The van der Waals surface area contributed by atoms with Crippen molar-refractivity contribution in [1.82, 2.24) is 5.32 Å². The summed E-state index contributed by atoms with van der Waals surface area (Å²) >= 11 is 0. The van der Waals surface area contributed by atoms with Gasteiger partial charge in [-0.1, -0.05) is 0 Å². The fraction of sp³-hybridized carbons (Fsp3) is 0. The monoisotopic (exact) mass is 181 g/mol. The van der Waals surface area contributed by atoms with Gasteiger partial charge in [-0.25, -0.2) is 9.59 Å². The van der Waals surface area contributed by atoms with Crippen LogP contribution in [-0.2, 0) is 9.59 Å². The van der Waals surface area contributed by atoms with Crippen LogP contribution in [0.25, 0.3) is 0 Å². The molecule has 0 unspecified atom stereocenters. The highest BCUT2D eigenvalue weighted by Crippen LogP contribution is 2.07. The van der Waals surface area contributed by atoms with Gasteiger partial charge in [-0.05, 0) is 12.2 Å². The smallest absolute Gasteiger partial charge is 0.337 e. The Morgan fingerprint density at radius 2 is 1.77 bits per heavy atom. The van der Waals surface area contributed by atoms with Crippen molar-refractivity contribution in [2.45, 2.75) is 0 Å². The molecule has 1 heterocycles. The van der Waals surface area contributed by atoms with Crippen LogP contribution < -0.4 is 5.32 Å². The maximum Gasteiger partial charge on any atom is 0.337 e. The number of hydrogen-bond donors (Lipinski definition) is 3. The maximum atomic E-state index is 10.5. The number of aliphatic carboxylic acids is 2. The summed E-state index contributed by atoms with van der Waals surface area (Å²) in [5.74, 6) is -2.33. The first-order valence-electron chi connectivity index (χ1n) is 3.42. The van der Waals surface area contributed by atoms with E-state index in [4.69, 9.17) is 10.2 Å². The summed E-state index contributed by atoms with van der Waals surface area (Å²) in [7, 11) is 0. The summed E-state index contributed by atoms with van der Waals surface area (Å²) in [6.07, 6.45) is 4.95. The molecule has 0 spiro atoms. The third-order valence-corrected chi connectivity index (χ3v) is 1.40. The van der Waals surface area contributed by atoms with E-state index in [1.807, 2.05) is 0 Å². The first kappa shape index (κ1) is 9.05. The van der Waals surface area contributed by atoms with Gasteiger partial charge in [0.25, 0.3) is 0 Å². The van der Waals surface area contributed by atoms with E-state index in [1.54, 1.807) is 0 Å². The molecule has 0 saturated carbocycles. The van der Waals surface area contributed by atoms with Crippen LogP contribution in [0, 0.1) is 0 Å². The number of hydrogen-bond acceptors (Lipinski definition) is 3. The second-order valence-corrected chi connectivity index (χ2v) is 2.31. The molecule has 13 heavy (non-hydrogen) atoms. The van der Waals surface area contributed by atoms with Crippen LogP contribution in [0.15, 0.2) is 35.7 Å². The zero-order chi connectivity index (χ0) is 9.84. The topological polar surface area (TPSA) is 86.6 Å². The third-order valence-electron chi connectivity index (χ3n) is 1.40. The Kier molecular flexibility index (Phi) is 2.49. The number of rotatable bonds is 2. The number of carbonyl (C=O) groups is 2. The van der Waals surface area contributed by atoms with E-state index in [9.17, 15) is 9.59 Å². The summed E-state index contributed by atoms with van der Waals surface area (Å²) in [4.78, 5) is 21.0. The quantitative estimate of drug-likeness (QED) is 0.561. The molecular formula is C8H7NO4. The van der Waals surface area contributed by atoms with Crippen LogP contribution >= 0.6 is 0 Å². The Morgan fingerprint density at radius 3 is 2.31 bits per heavy atom. The lowest BCUT2D eigenvalue weighted by Crippen LogP contribution is -2.03. The number of carboxylic acids is 2. The van der Waals surface area contributed by atoms with Crippen molar-refractivity contribution in [3.63, 3.8) is 0 Å². The van der Waals surface area contributed by atoms with Crippen molar-refractivity contribution in [2.75, 3.05) is 0 Å². The molecule has 0 aromatic carbocycles. The minimum Gasteiger partial charge on any atom is -0.478 e. The summed E-state index contributed by atoms with van der Waals surface area (Å²) in [5, 5.41) is 19.7. The average Bonchev–Trinajstić information content (AvgIpc) is 2.28. The highest BCUT2D eigenvalue weighted by molar-refractivity contribution is 5.96. The van der Waals surface area contributed by atoms with E-state index in [2.05, 4.69) is 5.32 Å². The summed E-state index contributed by atoms with van der Waals surface area (Å²) in [6, 6.07) is 0. The molecule has 0 fully saturated rings. The molecule has 68 valence electrons. The first-order valence-corrected chi connectivity index (χ1v) is 3.42. The Hall–Kier alpha value is -2.04. The second-order valence-electron chi connectivity index (χ2n) is 2.31. The molecule has 0 atom stereocenters. The summed E-state index contributed by atoms with van der Waals surface area (Å²) in [6.45, 7) is 0. The Balaban J connectivity index is 3.03. The fourth-order valence-corrected chi connectivity index (χ4v) is 0.790. The van der Waals surface area contributed by atoms with Crippen molar-refractivity contribution in [2.24, 2.45) is 0 Å². The highest BCUT2D eigenvalue weighted by Gasteiger charge is 2.10. The van der Waals surface area contributed by atoms with Crippen molar-refractivity contribution in [3.8, 4) is 0 Å². The van der Waals surface area contributed by atoms with Crippen molar-refractivity contribution < 1.29 is 19.8 Å². The lowest BCUT2D eigenvalue weighted by molar-refractivity contribution is -0.132. The molecule has 1 aliphatic heterocycles. The molecule has 1 rings (SSSR count). The predicted molar refractivity (Wildman–Crippen MR) is 43.7 cm³/mol. The molecule has 1 aliphatic rings. The van der Waals surface area contributed by atoms with Gasteiger partial charge in [0, 0.05) is 12.4 Å². The maximum absolute atomic E-state index is 10.5. The van der Waals surface area contributed by atoms with Gasteiger partial charge in [-0.15, -0.1) is 0 Å². The summed E-state index contributed by atoms with van der Waals surface area (Å²) in [5.41, 5.74) is -0.166. The molecule has 5 nitrogen and oxygen atoms in total. The minimum absolute atomic E-state index is 0.0707. The van der Waals surface area contributed by atoms with Crippen molar-refractivity contribution in [3.05, 3.63) is 35.7 Å². The van der Waals surface area contributed by atoms with Crippen LogP contribution in [0.1, 0.15) is 0 Å². The summed E-state index contributed by atoms with van der Waals surface area (Å²) < 4.78 is 0. The minimum atomic E-state index is -1.17. The third kappa shape index (κ3) is 2.19. The van der Waals surface area contributed by atoms with Crippen LogP contribution in [0.3, 0.4) is 0 Å².